The highest BCUT2D eigenvalue weighted by Gasteiger charge is 2.32. The monoisotopic (exact) mass is 528 g/mol. The van der Waals surface area contributed by atoms with Crippen LogP contribution in [-0.2, 0) is 6.42 Å². The Bertz CT molecular complexity index is 1630. The van der Waals surface area contributed by atoms with E-state index < -0.39 is 0 Å². The quantitative estimate of drug-likeness (QED) is 0.371. The second-order valence-electron chi connectivity index (χ2n) is 8.41. The molecule has 1 aliphatic carbocycles. The molecule has 1 aliphatic heterocycles. The number of rotatable bonds is 3. The molecule has 168 valence electrons. The average Bonchev–Trinajstić information content (AvgIpc) is 3.19. The van der Waals surface area contributed by atoms with E-state index in [1.807, 2.05) is 47.0 Å². The van der Waals surface area contributed by atoms with Gasteiger partial charge in [-0.15, -0.1) is 0 Å². The fourth-order valence-corrected chi connectivity index (χ4v) is 6.21. The molecule has 0 radical (unpaired) electrons. The zero-order valence-electron chi connectivity index (χ0n) is 18.5. The average molecular weight is 529 g/mol. The van der Waals surface area contributed by atoms with E-state index in [2.05, 4.69) is 52.3 Å². The first-order valence-corrected chi connectivity index (χ1v) is 12.8. The van der Waals surface area contributed by atoms with Crippen molar-refractivity contribution in [1.29, 1.82) is 0 Å². The van der Waals surface area contributed by atoms with Crippen molar-refractivity contribution < 1.29 is 4.74 Å². The van der Waals surface area contributed by atoms with Crippen LogP contribution >= 0.6 is 27.3 Å². The first kappa shape index (κ1) is 21.3. The Balaban J connectivity index is 1.62. The largest absolute Gasteiger partial charge is 0.497 e. The summed E-state index contributed by atoms with van der Waals surface area (Å²) >= 11 is 5.05. The Kier molecular flexibility index (Phi) is 5.35. The van der Waals surface area contributed by atoms with Gasteiger partial charge in [-0.2, -0.15) is 0 Å². The number of hydrogen-bond acceptors (Lipinski definition) is 4. The normalized spacial score (nSPS) is 17.0. The minimum Gasteiger partial charge on any atom is -0.497 e. The van der Waals surface area contributed by atoms with E-state index in [1.165, 1.54) is 28.0 Å². The van der Waals surface area contributed by atoms with Crippen LogP contribution in [0, 0.1) is 0 Å². The molecule has 0 bridgehead atoms. The van der Waals surface area contributed by atoms with E-state index in [0.717, 1.165) is 44.7 Å². The number of methoxy groups -OCH3 is 1. The zero-order valence-corrected chi connectivity index (χ0v) is 20.9. The van der Waals surface area contributed by atoms with Crippen LogP contribution in [0.1, 0.15) is 34.7 Å². The Morgan fingerprint density at radius 1 is 1.06 bits per heavy atom. The third-order valence-electron chi connectivity index (χ3n) is 6.48. The lowest BCUT2D eigenvalue weighted by atomic mass is 9.83. The number of thiazole rings is 1. The maximum Gasteiger partial charge on any atom is 0.271 e. The summed E-state index contributed by atoms with van der Waals surface area (Å²) in [5, 5.41) is 0. The van der Waals surface area contributed by atoms with Gasteiger partial charge < -0.3 is 4.74 Å². The Hall–Kier alpha value is -3.22. The zero-order chi connectivity index (χ0) is 23.2. The molecule has 6 rings (SSSR count). The molecule has 2 aliphatic rings. The number of ether oxygens (including phenoxy) is 1. The Morgan fingerprint density at radius 3 is 2.68 bits per heavy atom. The Labute approximate surface area is 209 Å². The molecule has 0 fully saturated rings. The van der Waals surface area contributed by atoms with Gasteiger partial charge in [0.25, 0.3) is 5.56 Å². The molecule has 0 saturated heterocycles. The van der Waals surface area contributed by atoms with Gasteiger partial charge >= 0.3 is 0 Å². The van der Waals surface area contributed by atoms with E-state index in [1.54, 1.807) is 7.11 Å². The molecule has 0 amide bonds. The van der Waals surface area contributed by atoms with Crippen LogP contribution in [0.15, 0.2) is 92.6 Å². The van der Waals surface area contributed by atoms with Crippen molar-refractivity contribution >= 4 is 39.0 Å². The number of halogens is 1. The van der Waals surface area contributed by atoms with Crippen molar-refractivity contribution in [3.8, 4) is 5.75 Å². The number of fused-ring (bicyclic) bond motifs is 3. The van der Waals surface area contributed by atoms with Crippen molar-refractivity contribution in [2.75, 3.05) is 7.11 Å². The van der Waals surface area contributed by atoms with Crippen LogP contribution in [0.3, 0.4) is 0 Å². The van der Waals surface area contributed by atoms with E-state index in [9.17, 15) is 4.79 Å². The van der Waals surface area contributed by atoms with Gasteiger partial charge in [0, 0.05) is 10.0 Å². The van der Waals surface area contributed by atoms with Crippen molar-refractivity contribution in [2.24, 2.45) is 4.99 Å². The van der Waals surface area contributed by atoms with E-state index in [-0.39, 0.29) is 11.6 Å². The van der Waals surface area contributed by atoms with Gasteiger partial charge in [-0.25, -0.2) is 4.99 Å². The molecule has 34 heavy (non-hydrogen) atoms. The minimum absolute atomic E-state index is 0.0160. The predicted molar refractivity (Wildman–Crippen MR) is 140 cm³/mol. The standard InChI is InChI=1S/C28H21BrN2O2S/c1-33-20-12-14-23(29)19(15-20)16-24-27(32)31-26(18-8-3-2-4-9-18)22-13-11-17-7-5-6-10-21(17)25(22)30-28(31)34-24/h2-10,12,14-16,26H,11,13H2,1H3. The fraction of sp³-hybridized carbons (Fsp3) is 0.143. The van der Waals surface area contributed by atoms with Gasteiger partial charge in [-0.3, -0.25) is 9.36 Å². The van der Waals surface area contributed by atoms with Gasteiger partial charge in [-0.1, -0.05) is 81.9 Å². The van der Waals surface area contributed by atoms with Crippen LogP contribution in [-0.4, -0.2) is 11.7 Å². The number of aryl methyl sites for hydroxylation is 1. The molecule has 1 atom stereocenters. The summed E-state index contributed by atoms with van der Waals surface area (Å²) < 4.78 is 8.83. The third-order valence-corrected chi connectivity index (χ3v) is 8.18. The molecule has 4 nitrogen and oxygen atoms in total. The molecule has 0 spiro atoms. The fourth-order valence-electron chi connectivity index (χ4n) is 4.86. The molecular formula is C28H21BrN2O2S. The first-order valence-electron chi connectivity index (χ1n) is 11.2. The van der Waals surface area contributed by atoms with Crippen LogP contribution in [0.2, 0.25) is 0 Å². The van der Waals surface area contributed by atoms with Gasteiger partial charge in [0.05, 0.1) is 23.4 Å². The number of nitrogens with zero attached hydrogens (tertiary/aromatic N) is 2. The molecule has 3 aromatic carbocycles. The summed E-state index contributed by atoms with van der Waals surface area (Å²) in [6.07, 6.45) is 3.77. The second kappa shape index (κ2) is 8.53. The van der Waals surface area contributed by atoms with Crippen molar-refractivity contribution in [1.82, 2.24) is 4.57 Å². The lowest BCUT2D eigenvalue weighted by Crippen LogP contribution is -2.38. The van der Waals surface area contributed by atoms with E-state index >= 15 is 0 Å². The van der Waals surface area contributed by atoms with Gasteiger partial charge in [0.1, 0.15) is 5.75 Å². The lowest BCUT2D eigenvalue weighted by molar-refractivity contribution is 0.414. The molecule has 0 saturated carbocycles. The molecule has 2 heterocycles. The van der Waals surface area contributed by atoms with Gasteiger partial charge in [-0.05, 0) is 59.4 Å². The minimum atomic E-state index is -0.156. The SMILES string of the molecule is COc1ccc(Br)c(C=c2sc3n(c2=O)C(c2ccccc2)C2=C(N=3)c3ccccc3CC2)c1. The van der Waals surface area contributed by atoms with Crippen LogP contribution < -0.4 is 19.6 Å². The van der Waals surface area contributed by atoms with Crippen LogP contribution in [0.25, 0.3) is 11.8 Å². The lowest BCUT2D eigenvalue weighted by Gasteiger charge is -2.30. The summed E-state index contributed by atoms with van der Waals surface area (Å²) in [5.74, 6) is 0.747. The summed E-state index contributed by atoms with van der Waals surface area (Å²) in [6, 6.07) is 24.4. The summed E-state index contributed by atoms with van der Waals surface area (Å²) in [4.78, 5) is 19.6. The molecule has 4 aromatic rings. The molecule has 6 heteroatoms. The maximum atomic E-state index is 13.8. The topological polar surface area (TPSA) is 43.6 Å². The smallest absolute Gasteiger partial charge is 0.271 e. The van der Waals surface area contributed by atoms with Crippen molar-refractivity contribution in [3.05, 3.63) is 125 Å². The maximum absolute atomic E-state index is 13.8. The van der Waals surface area contributed by atoms with Crippen LogP contribution in [0.4, 0.5) is 0 Å². The highest BCUT2D eigenvalue weighted by atomic mass is 79.9. The number of allylic oxidation sites excluding steroid dienone is 1. The summed E-state index contributed by atoms with van der Waals surface area (Å²) in [5.41, 5.74) is 6.72. The number of benzene rings is 3. The molecular weight excluding hydrogens is 508 g/mol. The molecule has 0 N–H and O–H groups in total. The number of hydrogen-bond donors (Lipinski definition) is 0. The van der Waals surface area contributed by atoms with E-state index in [0.29, 0.717) is 4.53 Å². The van der Waals surface area contributed by atoms with Crippen molar-refractivity contribution in [2.45, 2.75) is 18.9 Å². The highest BCUT2D eigenvalue weighted by molar-refractivity contribution is 9.10. The Morgan fingerprint density at radius 2 is 1.85 bits per heavy atom. The molecule has 1 unspecified atom stereocenters. The molecule has 1 aromatic heterocycles. The van der Waals surface area contributed by atoms with Crippen molar-refractivity contribution in [3.63, 3.8) is 0 Å². The predicted octanol–water partition coefficient (Wildman–Crippen LogP) is 5.09. The summed E-state index contributed by atoms with van der Waals surface area (Å²) in [7, 11) is 1.64. The van der Waals surface area contributed by atoms with Gasteiger partial charge in [0.15, 0.2) is 4.80 Å². The number of aromatic nitrogens is 1. The first-order chi connectivity index (χ1) is 16.6. The van der Waals surface area contributed by atoms with E-state index in [4.69, 9.17) is 9.73 Å². The third kappa shape index (κ3) is 3.49. The van der Waals surface area contributed by atoms with Crippen LogP contribution in [0.5, 0.6) is 5.75 Å². The van der Waals surface area contributed by atoms with Gasteiger partial charge in [0.2, 0.25) is 0 Å². The second-order valence-corrected chi connectivity index (χ2v) is 10.3. The summed E-state index contributed by atoms with van der Waals surface area (Å²) in [6.45, 7) is 0. The highest BCUT2D eigenvalue weighted by Crippen LogP contribution is 2.41.